The lowest BCUT2D eigenvalue weighted by molar-refractivity contribution is -0.389. The van der Waals surface area contributed by atoms with Crippen LogP contribution in [0.3, 0.4) is 0 Å². The summed E-state index contributed by atoms with van der Waals surface area (Å²) in [4.78, 5) is 24.6. The zero-order chi connectivity index (χ0) is 30.7. The van der Waals surface area contributed by atoms with Crippen molar-refractivity contribution in [2.75, 3.05) is 17.7 Å². The molecule has 0 heterocycles. The van der Waals surface area contributed by atoms with Crippen LogP contribution in [0.15, 0.2) is 43.2 Å². The Morgan fingerprint density at radius 3 is 2.12 bits per heavy atom. The number of hydrogen-bond acceptors (Lipinski definition) is 5. The lowest BCUT2D eigenvalue weighted by Crippen LogP contribution is -2.59. The molecule has 16 heteroatoms. The molecular formula is C24H18F9N3O4. The molecule has 0 aliphatic carbocycles. The fraction of sp³-hybridized carbons (Fsp3) is 0.292. The van der Waals surface area contributed by atoms with Crippen molar-refractivity contribution in [3.05, 3.63) is 71.0 Å². The molecule has 0 saturated carbocycles. The van der Waals surface area contributed by atoms with Crippen LogP contribution in [0.25, 0.3) is 0 Å². The summed E-state index contributed by atoms with van der Waals surface area (Å²) in [5.74, 6) is -7.92. The van der Waals surface area contributed by atoms with Crippen LogP contribution in [0.4, 0.5) is 55.7 Å². The topological polar surface area (TPSA) is 100 Å². The number of carbonyl (C=O) groups is 2. The van der Waals surface area contributed by atoms with Gasteiger partial charge >= 0.3 is 30.0 Å². The van der Waals surface area contributed by atoms with E-state index >= 15 is 4.39 Å². The van der Waals surface area contributed by atoms with Gasteiger partial charge in [-0.15, -0.1) is 0 Å². The molecule has 0 fully saturated rings. The van der Waals surface area contributed by atoms with Gasteiger partial charge in [-0.3, -0.25) is 10.1 Å². The summed E-state index contributed by atoms with van der Waals surface area (Å²) in [6.07, 6.45) is -13.9. The van der Waals surface area contributed by atoms with Gasteiger partial charge in [0.2, 0.25) is 0 Å². The summed E-state index contributed by atoms with van der Waals surface area (Å²) in [6.45, 7) is 3.35. The molecule has 216 valence electrons. The highest BCUT2D eigenvalue weighted by Crippen LogP contribution is 2.58. The van der Waals surface area contributed by atoms with Crippen LogP contribution in [0.1, 0.15) is 32.6 Å². The second-order valence-corrected chi connectivity index (χ2v) is 8.01. The first-order chi connectivity index (χ1) is 18.3. The molecule has 1 unspecified atom stereocenters. The standard InChI is InChI=1S/C24H18F9N3O4/c1-4-40-20(38)35-17-9-13(5-6-14(17)10-34)19(37)36-18-12(2)7-16(8-15(18)11-39-3)21(25,23(28,29)30)22(26,27)24(31,32)33/h4-9H,1,11H2,2-3H3,(H,35,38)(H,36,37). The highest BCUT2D eigenvalue weighted by atomic mass is 19.4. The molecule has 0 bridgehead atoms. The minimum absolute atomic E-state index is 0.0797. The number of ether oxygens (including phenoxy) is 2. The fourth-order valence-corrected chi connectivity index (χ4v) is 3.51. The average Bonchev–Trinajstić information content (AvgIpc) is 2.84. The number of methoxy groups -OCH3 is 1. The number of benzene rings is 2. The van der Waals surface area contributed by atoms with E-state index in [9.17, 15) is 50.0 Å². The first kappa shape index (κ1) is 32.0. The lowest BCUT2D eigenvalue weighted by Gasteiger charge is -2.36. The Bertz CT molecular complexity index is 1350. The highest BCUT2D eigenvalue weighted by molar-refractivity contribution is 6.06. The van der Waals surface area contributed by atoms with E-state index in [1.165, 1.54) is 0 Å². The quantitative estimate of drug-likeness (QED) is 0.261. The maximum absolute atomic E-state index is 15.0. The molecule has 1 atom stereocenters. The number of rotatable bonds is 8. The van der Waals surface area contributed by atoms with Crippen LogP contribution in [-0.2, 0) is 21.7 Å². The van der Waals surface area contributed by atoms with E-state index in [4.69, 9.17) is 4.74 Å². The van der Waals surface area contributed by atoms with Gasteiger partial charge in [0.25, 0.3) is 5.91 Å². The molecule has 0 aliphatic rings. The SMILES string of the molecule is C=COC(=O)Nc1cc(C(=O)Nc2c(C)cc(C(F)(C(F)(F)F)C(F)(F)C(F)(F)F)cc2COC)ccc1C#N. The molecule has 2 aromatic carbocycles. The number of halogens is 9. The van der Waals surface area contributed by atoms with Crippen molar-refractivity contribution in [1.82, 2.24) is 0 Å². The van der Waals surface area contributed by atoms with Crippen LogP contribution in [0.2, 0.25) is 0 Å². The average molecular weight is 583 g/mol. The summed E-state index contributed by atoms with van der Waals surface area (Å²) in [6, 6.07) is 5.15. The molecule has 0 aromatic heterocycles. The number of hydrogen-bond donors (Lipinski definition) is 2. The van der Waals surface area contributed by atoms with Gasteiger partial charge in [0, 0.05) is 29.5 Å². The van der Waals surface area contributed by atoms with Crippen molar-refractivity contribution in [2.45, 2.75) is 37.5 Å². The number of alkyl halides is 9. The van der Waals surface area contributed by atoms with Crippen molar-refractivity contribution < 1.29 is 58.6 Å². The van der Waals surface area contributed by atoms with Gasteiger partial charge in [-0.2, -0.15) is 40.4 Å². The third-order valence-electron chi connectivity index (χ3n) is 5.36. The molecule has 0 radical (unpaired) electrons. The van der Waals surface area contributed by atoms with Gasteiger partial charge in [-0.25, -0.2) is 9.18 Å². The smallest absolute Gasteiger partial charge is 0.419 e. The van der Waals surface area contributed by atoms with Gasteiger partial charge in [0.15, 0.2) is 0 Å². The molecule has 2 amide bonds. The monoisotopic (exact) mass is 583 g/mol. The summed E-state index contributed by atoms with van der Waals surface area (Å²) < 4.78 is 132. The Morgan fingerprint density at radius 2 is 1.62 bits per heavy atom. The van der Waals surface area contributed by atoms with Gasteiger partial charge in [-0.1, -0.05) is 12.6 Å². The third kappa shape index (κ3) is 5.98. The second kappa shape index (κ2) is 11.5. The van der Waals surface area contributed by atoms with Crippen LogP contribution in [0, 0.1) is 18.3 Å². The number of nitrogens with one attached hydrogen (secondary N) is 2. The largest absolute Gasteiger partial charge is 0.457 e. The maximum atomic E-state index is 15.0. The number of anilines is 2. The highest BCUT2D eigenvalue weighted by Gasteiger charge is 2.81. The summed E-state index contributed by atoms with van der Waals surface area (Å²) in [5, 5.41) is 13.6. The number of nitrogens with zero attached hydrogens (tertiary/aromatic N) is 1. The summed E-state index contributed by atoms with van der Waals surface area (Å²) >= 11 is 0. The van der Waals surface area contributed by atoms with E-state index in [1.54, 1.807) is 6.07 Å². The fourth-order valence-electron chi connectivity index (χ4n) is 3.51. The van der Waals surface area contributed by atoms with Crippen molar-refractivity contribution in [3.63, 3.8) is 0 Å². The zero-order valence-corrected chi connectivity index (χ0v) is 20.4. The summed E-state index contributed by atoms with van der Waals surface area (Å²) in [7, 11) is 0.991. The first-order valence-corrected chi connectivity index (χ1v) is 10.6. The molecular weight excluding hydrogens is 565 g/mol. The minimum atomic E-state index is -6.92. The predicted octanol–water partition coefficient (Wildman–Crippen LogP) is 6.88. The number of amides is 2. The van der Waals surface area contributed by atoms with E-state index in [1.807, 2.05) is 0 Å². The van der Waals surface area contributed by atoms with Crippen molar-refractivity contribution in [1.29, 1.82) is 5.26 Å². The van der Waals surface area contributed by atoms with E-state index in [0.29, 0.717) is 0 Å². The van der Waals surface area contributed by atoms with Crippen LogP contribution in [-0.4, -0.2) is 37.4 Å². The Labute approximate surface area is 220 Å². The molecule has 7 nitrogen and oxygen atoms in total. The third-order valence-corrected chi connectivity index (χ3v) is 5.36. The van der Waals surface area contributed by atoms with E-state index < -0.39 is 59.2 Å². The van der Waals surface area contributed by atoms with Crippen molar-refractivity contribution >= 4 is 23.4 Å². The van der Waals surface area contributed by atoms with Crippen LogP contribution in [0.5, 0.6) is 0 Å². The maximum Gasteiger partial charge on any atom is 0.457 e. The number of carbonyl (C=O) groups excluding carboxylic acids is 2. The molecule has 0 spiro atoms. The predicted molar refractivity (Wildman–Crippen MR) is 121 cm³/mol. The Hall–Kier alpha value is -4.26. The van der Waals surface area contributed by atoms with E-state index in [-0.39, 0.29) is 34.6 Å². The van der Waals surface area contributed by atoms with E-state index in [0.717, 1.165) is 38.5 Å². The summed E-state index contributed by atoms with van der Waals surface area (Å²) in [5.41, 5.74) is -10.3. The molecule has 2 aromatic rings. The van der Waals surface area contributed by atoms with Crippen LogP contribution >= 0.6 is 0 Å². The Balaban J connectivity index is 2.63. The Kier molecular flexibility index (Phi) is 9.16. The molecule has 2 rings (SSSR count). The molecule has 0 saturated heterocycles. The second-order valence-electron chi connectivity index (χ2n) is 8.01. The van der Waals surface area contributed by atoms with Crippen LogP contribution < -0.4 is 10.6 Å². The van der Waals surface area contributed by atoms with Crippen molar-refractivity contribution in [2.24, 2.45) is 0 Å². The Morgan fingerprint density at radius 1 is 1.00 bits per heavy atom. The molecule has 2 N–H and O–H groups in total. The van der Waals surface area contributed by atoms with Gasteiger partial charge in [-0.05, 0) is 36.8 Å². The number of nitriles is 1. The first-order valence-electron chi connectivity index (χ1n) is 10.6. The normalized spacial score (nSPS) is 13.6. The zero-order valence-electron chi connectivity index (χ0n) is 20.4. The lowest BCUT2D eigenvalue weighted by atomic mass is 9.85. The minimum Gasteiger partial charge on any atom is -0.419 e. The van der Waals surface area contributed by atoms with E-state index in [2.05, 4.69) is 21.9 Å². The van der Waals surface area contributed by atoms with Crippen molar-refractivity contribution in [3.8, 4) is 6.07 Å². The molecule has 0 aliphatic heterocycles. The van der Waals surface area contributed by atoms with Gasteiger partial charge in [0.1, 0.15) is 6.07 Å². The van der Waals surface area contributed by atoms with Gasteiger partial charge < -0.3 is 14.8 Å². The molecule has 40 heavy (non-hydrogen) atoms. The number of aryl methyl sites for hydroxylation is 1. The van der Waals surface area contributed by atoms with Gasteiger partial charge in [0.05, 0.1) is 24.1 Å².